The van der Waals surface area contributed by atoms with Gasteiger partial charge in [0.05, 0.1) is 13.8 Å². The van der Waals surface area contributed by atoms with Gasteiger partial charge in [0.15, 0.2) is 11.5 Å². The Kier molecular flexibility index (Phi) is 7.73. The van der Waals surface area contributed by atoms with E-state index in [1.807, 2.05) is 6.07 Å². The van der Waals surface area contributed by atoms with Gasteiger partial charge in [-0.2, -0.15) is 0 Å². The van der Waals surface area contributed by atoms with E-state index in [9.17, 15) is 9.50 Å². The second-order valence-corrected chi connectivity index (χ2v) is 5.74. The summed E-state index contributed by atoms with van der Waals surface area (Å²) in [6.07, 6.45) is 0.368. The van der Waals surface area contributed by atoms with E-state index in [4.69, 9.17) is 4.74 Å². The van der Waals surface area contributed by atoms with E-state index < -0.39 is 6.67 Å². The number of halogens is 3. The molecule has 1 aliphatic rings. The molecule has 0 aliphatic carbocycles. The number of alkyl halides is 1. The monoisotopic (exact) mass is 382 g/mol. The number of hydrogen-bond acceptors (Lipinski definition) is 4. The largest absolute Gasteiger partial charge is 0.504 e. The molecule has 0 radical (unpaired) electrons. The summed E-state index contributed by atoms with van der Waals surface area (Å²) in [6.45, 7) is 3.05. The van der Waals surface area contributed by atoms with Crippen LogP contribution in [0.4, 0.5) is 4.39 Å². The summed E-state index contributed by atoms with van der Waals surface area (Å²) in [5.41, 5.74) is 0.718. The van der Waals surface area contributed by atoms with Crippen LogP contribution in [0, 0.1) is 0 Å². The minimum Gasteiger partial charge on any atom is -0.504 e. The number of ether oxygens (including phenoxy) is 1. The second-order valence-electron chi connectivity index (χ2n) is 4.83. The zero-order chi connectivity index (χ0) is 14.5. The summed E-state index contributed by atoms with van der Waals surface area (Å²) in [5.74, 6) is 0.515. The number of aromatic hydroxyl groups is 1. The van der Waals surface area contributed by atoms with Crippen molar-refractivity contribution in [2.75, 3.05) is 40.0 Å². The maximum atomic E-state index is 12.9. The Morgan fingerprint density at radius 3 is 2.67 bits per heavy atom. The van der Waals surface area contributed by atoms with Gasteiger partial charge in [0, 0.05) is 42.3 Å². The maximum absolute atomic E-state index is 12.9. The van der Waals surface area contributed by atoms with E-state index in [2.05, 4.69) is 26.1 Å². The van der Waals surface area contributed by atoms with Gasteiger partial charge < -0.3 is 15.2 Å². The molecule has 1 aromatic carbocycles. The molecule has 1 saturated heterocycles. The number of rotatable bonds is 5. The molecule has 1 aromatic rings. The predicted molar refractivity (Wildman–Crippen MR) is 87.4 cm³/mol. The lowest BCUT2D eigenvalue weighted by molar-refractivity contribution is 0.154. The predicted octanol–water partition coefficient (Wildman–Crippen LogP) is 2.89. The van der Waals surface area contributed by atoms with E-state index in [1.54, 1.807) is 6.07 Å². The molecule has 0 spiro atoms. The fourth-order valence-electron chi connectivity index (χ4n) is 2.64. The number of phenolic OH excluding ortho intramolecular Hbond substituents is 1. The number of nitrogens with one attached hydrogen (secondary N) is 1. The van der Waals surface area contributed by atoms with Crippen molar-refractivity contribution in [1.82, 2.24) is 10.2 Å². The van der Waals surface area contributed by atoms with E-state index in [1.165, 1.54) is 7.11 Å². The lowest BCUT2D eigenvalue weighted by Crippen LogP contribution is -2.45. The van der Waals surface area contributed by atoms with Crippen molar-refractivity contribution in [1.29, 1.82) is 0 Å². The summed E-state index contributed by atoms with van der Waals surface area (Å²) < 4.78 is 18.9. The van der Waals surface area contributed by atoms with Gasteiger partial charge in [0.2, 0.25) is 0 Å². The van der Waals surface area contributed by atoms with Gasteiger partial charge in [-0.15, -0.1) is 12.4 Å². The highest BCUT2D eigenvalue weighted by Gasteiger charge is 2.26. The number of nitrogens with zero attached hydrogens (tertiary/aromatic N) is 1. The molecule has 1 aliphatic heterocycles. The van der Waals surface area contributed by atoms with Crippen LogP contribution in [0.5, 0.6) is 11.5 Å². The van der Waals surface area contributed by atoms with Crippen LogP contribution in [0.3, 0.4) is 0 Å². The highest BCUT2D eigenvalue weighted by atomic mass is 79.9. The molecule has 0 saturated carbocycles. The first-order valence-corrected chi connectivity index (χ1v) is 7.53. The van der Waals surface area contributed by atoms with E-state index in [0.29, 0.717) is 12.2 Å². The molecular weight excluding hydrogens is 363 g/mol. The van der Waals surface area contributed by atoms with Gasteiger partial charge in [0.25, 0.3) is 0 Å². The zero-order valence-electron chi connectivity index (χ0n) is 11.9. The van der Waals surface area contributed by atoms with Crippen LogP contribution in [0.15, 0.2) is 16.6 Å². The van der Waals surface area contributed by atoms with Gasteiger partial charge in [-0.25, -0.2) is 0 Å². The third kappa shape index (κ3) is 4.45. The Morgan fingerprint density at radius 1 is 1.43 bits per heavy atom. The fraction of sp³-hybridized carbons (Fsp3) is 0.571. The second kappa shape index (κ2) is 8.78. The number of benzene rings is 1. The molecule has 2 N–H and O–H groups in total. The number of phenols is 1. The highest BCUT2D eigenvalue weighted by Crippen LogP contribution is 2.40. The summed E-state index contributed by atoms with van der Waals surface area (Å²) in [7, 11) is 1.51. The van der Waals surface area contributed by atoms with Crippen molar-refractivity contribution in [3.63, 3.8) is 0 Å². The average molecular weight is 384 g/mol. The molecule has 0 amide bonds. The lowest BCUT2D eigenvalue weighted by Gasteiger charge is -2.35. The molecule has 0 bridgehead atoms. The van der Waals surface area contributed by atoms with Gasteiger partial charge in [-0.3, -0.25) is 9.29 Å². The molecule has 1 atom stereocenters. The molecular formula is C14H21BrClFN2O2. The van der Waals surface area contributed by atoms with Crippen molar-refractivity contribution in [3.8, 4) is 11.5 Å². The van der Waals surface area contributed by atoms with E-state index in [-0.39, 0.29) is 24.2 Å². The van der Waals surface area contributed by atoms with Crippen LogP contribution in [0.2, 0.25) is 0 Å². The van der Waals surface area contributed by atoms with Crippen molar-refractivity contribution >= 4 is 28.3 Å². The molecule has 2 rings (SSSR count). The molecule has 120 valence electrons. The first-order chi connectivity index (χ1) is 9.67. The first kappa shape index (κ1) is 18.5. The minimum atomic E-state index is -0.414. The quantitative estimate of drug-likeness (QED) is 0.821. The van der Waals surface area contributed by atoms with Crippen molar-refractivity contribution in [2.45, 2.75) is 12.5 Å². The summed E-state index contributed by atoms with van der Waals surface area (Å²) in [6, 6.07) is 3.43. The summed E-state index contributed by atoms with van der Waals surface area (Å²) >= 11 is 3.42. The Balaban J connectivity index is 0.00000220. The van der Waals surface area contributed by atoms with Crippen LogP contribution in [-0.4, -0.2) is 50.0 Å². The van der Waals surface area contributed by atoms with Gasteiger partial charge in [-0.1, -0.05) is 15.9 Å². The van der Waals surface area contributed by atoms with Crippen LogP contribution in [0.25, 0.3) is 0 Å². The molecule has 21 heavy (non-hydrogen) atoms. The van der Waals surface area contributed by atoms with Crippen molar-refractivity contribution in [2.24, 2.45) is 0 Å². The maximum Gasteiger partial charge on any atom is 0.162 e. The molecule has 1 fully saturated rings. The Labute approximate surface area is 139 Å². The fourth-order valence-corrected chi connectivity index (χ4v) is 3.09. The topological polar surface area (TPSA) is 44.7 Å². The Bertz CT molecular complexity index is 459. The Morgan fingerprint density at radius 2 is 2.10 bits per heavy atom. The minimum absolute atomic E-state index is 0. The van der Waals surface area contributed by atoms with Crippen LogP contribution in [0.1, 0.15) is 18.0 Å². The smallest absolute Gasteiger partial charge is 0.162 e. The number of hydrogen-bond donors (Lipinski definition) is 2. The molecule has 0 aromatic heterocycles. The third-order valence-corrected chi connectivity index (χ3v) is 4.08. The van der Waals surface area contributed by atoms with Crippen molar-refractivity contribution in [3.05, 3.63) is 22.2 Å². The lowest BCUT2D eigenvalue weighted by atomic mass is 10.00. The number of methoxy groups -OCH3 is 1. The third-order valence-electron chi connectivity index (χ3n) is 3.62. The van der Waals surface area contributed by atoms with Gasteiger partial charge >= 0.3 is 0 Å². The van der Waals surface area contributed by atoms with Crippen molar-refractivity contribution < 1.29 is 14.2 Å². The summed E-state index contributed by atoms with van der Waals surface area (Å²) in [4.78, 5) is 2.21. The number of piperazine rings is 1. The first-order valence-electron chi connectivity index (χ1n) is 6.74. The molecule has 1 heterocycles. The SMILES string of the molecule is COc1cc(Br)cc([C@H](CCF)N2CCNCC2)c1O.Cl. The highest BCUT2D eigenvalue weighted by molar-refractivity contribution is 9.10. The van der Waals surface area contributed by atoms with Crippen LogP contribution in [-0.2, 0) is 0 Å². The molecule has 7 heteroatoms. The zero-order valence-corrected chi connectivity index (χ0v) is 14.3. The van der Waals surface area contributed by atoms with E-state index in [0.717, 1.165) is 36.2 Å². The van der Waals surface area contributed by atoms with Crippen LogP contribution < -0.4 is 10.1 Å². The normalized spacial score (nSPS) is 17.1. The molecule has 0 unspecified atom stereocenters. The van der Waals surface area contributed by atoms with Gasteiger partial charge in [0.1, 0.15) is 0 Å². The van der Waals surface area contributed by atoms with Gasteiger partial charge in [-0.05, 0) is 18.6 Å². The summed E-state index contributed by atoms with van der Waals surface area (Å²) in [5, 5.41) is 13.6. The van der Waals surface area contributed by atoms with Crippen LogP contribution >= 0.6 is 28.3 Å². The Hall–Kier alpha value is -0.560. The standard InChI is InChI=1S/C14H20BrFN2O2.ClH/c1-20-13-9-10(15)8-11(14(13)19)12(2-3-16)18-6-4-17-5-7-18;/h8-9,12,17,19H,2-7H2,1H3;1H/t12-;/m0./s1. The average Bonchev–Trinajstić information content (AvgIpc) is 2.48. The molecule has 4 nitrogen and oxygen atoms in total. The van der Waals surface area contributed by atoms with E-state index >= 15 is 0 Å².